The molecule has 1 amide bonds. The van der Waals surface area contributed by atoms with Gasteiger partial charge in [-0.25, -0.2) is 0 Å². The van der Waals surface area contributed by atoms with Crippen molar-refractivity contribution in [3.63, 3.8) is 0 Å². The average Bonchev–Trinajstić information content (AvgIpc) is 1.83. The van der Waals surface area contributed by atoms with E-state index in [1.54, 1.807) is 0 Å². The summed E-state index contributed by atoms with van der Waals surface area (Å²) in [4.78, 5) is 20.2. The summed E-state index contributed by atoms with van der Waals surface area (Å²) in [5.41, 5.74) is 4.66. The van der Waals surface area contributed by atoms with Crippen LogP contribution in [0.4, 0.5) is 0 Å². The van der Waals surface area contributed by atoms with Crippen LogP contribution in [0.25, 0.3) is 0 Å². The molecule has 0 aliphatic carbocycles. The maximum atomic E-state index is 10.2. The molecular formula is C5H8NO3. The SMILES string of the molecule is [CH2]CC(=O)OCC(N)=O. The van der Waals surface area contributed by atoms with E-state index in [0.717, 1.165) is 0 Å². The highest BCUT2D eigenvalue weighted by molar-refractivity contribution is 5.79. The summed E-state index contributed by atoms with van der Waals surface area (Å²) in [7, 11) is 0. The Bertz CT molecular complexity index is 121. The van der Waals surface area contributed by atoms with Gasteiger partial charge in [-0.15, -0.1) is 0 Å². The first kappa shape index (κ1) is 7.94. The van der Waals surface area contributed by atoms with Gasteiger partial charge in [-0.05, 0) is 6.92 Å². The minimum atomic E-state index is -0.656. The van der Waals surface area contributed by atoms with Crippen LogP contribution in [0.3, 0.4) is 0 Å². The number of amides is 1. The standard InChI is InChI=1S/C5H8NO3/c1-2-5(8)9-3-4(6)7/h1-3H2,(H2,6,7). The molecule has 0 aromatic carbocycles. The minimum Gasteiger partial charge on any atom is -0.456 e. The number of hydrogen-bond acceptors (Lipinski definition) is 3. The van der Waals surface area contributed by atoms with Crippen LogP contribution in [0.15, 0.2) is 0 Å². The molecule has 0 aromatic rings. The maximum absolute atomic E-state index is 10.2. The lowest BCUT2D eigenvalue weighted by atomic mass is 10.5. The molecule has 0 rings (SSSR count). The second-order valence-electron chi connectivity index (χ2n) is 1.38. The van der Waals surface area contributed by atoms with Crippen molar-refractivity contribution in [1.29, 1.82) is 0 Å². The molecule has 0 heterocycles. The fourth-order valence-electron chi connectivity index (χ4n) is 0.224. The molecule has 0 saturated heterocycles. The van der Waals surface area contributed by atoms with Crippen LogP contribution < -0.4 is 5.73 Å². The Balaban J connectivity index is 3.28. The van der Waals surface area contributed by atoms with E-state index in [0.29, 0.717) is 0 Å². The zero-order valence-electron chi connectivity index (χ0n) is 4.92. The molecule has 9 heavy (non-hydrogen) atoms. The first-order valence-electron chi connectivity index (χ1n) is 2.40. The summed E-state index contributed by atoms with van der Waals surface area (Å²) in [6.07, 6.45) is 0.0211. The third-order valence-electron chi connectivity index (χ3n) is 0.580. The second-order valence-corrected chi connectivity index (χ2v) is 1.38. The molecule has 2 N–H and O–H groups in total. The van der Waals surface area contributed by atoms with Gasteiger partial charge in [0.05, 0.1) is 0 Å². The Hall–Kier alpha value is -1.06. The molecule has 0 unspecified atom stereocenters. The Morgan fingerprint density at radius 2 is 2.11 bits per heavy atom. The molecule has 4 heteroatoms. The van der Waals surface area contributed by atoms with Gasteiger partial charge < -0.3 is 10.5 Å². The van der Waals surface area contributed by atoms with Crippen LogP contribution >= 0.6 is 0 Å². The smallest absolute Gasteiger partial charge is 0.306 e. The van der Waals surface area contributed by atoms with Crippen molar-refractivity contribution in [3.8, 4) is 0 Å². The van der Waals surface area contributed by atoms with Crippen molar-refractivity contribution in [2.45, 2.75) is 6.42 Å². The first-order chi connectivity index (χ1) is 4.16. The number of rotatable bonds is 3. The van der Waals surface area contributed by atoms with Crippen molar-refractivity contribution < 1.29 is 14.3 Å². The number of nitrogens with two attached hydrogens (primary N) is 1. The predicted molar refractivity (Wildman–Crippen MR) is 30.1 cm³/mol. The fourth-order valence-corrected chi connectivity index (χ4v) is 0.224. The molecule has 4 nitrogen and oxygen atoms in total. The van der Waals surface area contributed by atoms with Gasteiger partial charge in [0.2, 0.25) is 0 Å². The lowest BCUT2D eigenvalue weighted by Crippen LogP contribution is -2.20. The van der Waals surface area contributed by atoms with Gasteiger partial charge >= 0.3 is 5.97 Å². The lowest BCUT2D eigenvalue weighted by molar-refractivity contribution is -0.146. The number of primary amides is 1. The molecule has 0 bridgehead atoms. The topological polar surface area (TPSA) is 69.4 Å². The minimum absolute atomic E-state index is 0.0211. The van der Waals surface area contributed by atoms with Gasteiger partial charge in [0, 0.05) is 6.42 Å². The molecule has 0 aliphatic heterocycles. The number of ether oxygens (including phenoxy) is 1. The van der Waals surface area contributed by atoms with E-state index in [9.17, 15) is 9.59 Å². The zero-order chi connectivity index (χ0) is 7.28. The monoisotopic (exact) mass is 130 g/mol. The van der Waals surface area contributed by atoms with E-state index in [-0.39, 0.29) is 13.0 Å². The van der Waals surface area contributed by atoms with Crippen molar-refractivity contribution in [2.75, 3.05) is 6.61 Å². The molecule has 51 valence electrons. The maximum Gasteiger partial charge on any atom is 0.306 e. The van der Waals surface area contributed by atoms with Gasteiger partial charge in [0.25, 0.3) is 5.91 Å². The van der Waals surface area contributed by atoms with Crippen molar-refractivity contribution >= 4 is 11.9 Å². The Morgan fingerprint density at radius 3 is 2.44 bits per heavy atom. The number of hydrogen-bond donors (Lipinski definition) is 1. The van der Waals surface area contributed by atoms with Crippen LogP contribution in [0.1, 0.15) is 6.42 Å². The van der Waals surface area contributed by atoms with Gasteiger partial charge in [0.15, 0.2) is 6.61 Å². The normalized spacial score (nSPS) is 8.56. The predicted octanol–water partition coefficient (Wildman–Crippen LogP) is -0.761. The van der Waals surface area contributed by atoms with Crippen LogP contribution in [-0.2, 0) is 14.3 Å². The lowest BCUT2D eigenvalue weighted by Gasteiger charge is -1.96. The summed E-state index contributed by atoms with van der Waals surface area (Å²) in [6, 6.07) is 0. The third-order valence-corrected chi connectivity index (χ3v) is 0.580. The highest BCUT2D eigenvalue weighted by Crippen LogP contribution is 1.81. The highest BCUT2D eigenvalue weighted by atomic mass is 16.5. The van der Waals surface area contributed by atoms with Gasteiger partial charge in [0.1, 0.15) is 0 Å². The Kier molecular flexibility index (Phi) is 3.43. The van der Waals surface area contributed by atoms with Crippen LogP contribution in [0.2, 0.25) is 0 Å². The van der Waals surface area contributed by atoms with E-state index in [2.05, 4.69) is 17.4 Å². The molecule has 0 fully saturated rings. The van der Waals surface area contributed by atoms with E-state index in [1.165, 1.54) is 0 Å². The van der Waals surface area contributed by atoms with Gasteiger partial charge in [-0.3, -0.25) is 9.59 Å². The molecule has 0 atom stereocenters. The van der Waals surface area contributed by atoms with E-state index in [1.807, 2.05) is 0 Å². The average molecular weight is 130 g/mol. The molecule has 1 radical (unpaired) electrons. The van der Waals surface area contributed by atoms with E-state index >= 15 is 0 Å². The summed E-state index contributed by atoms with van der Waals surface area (Å²) < 4.78 is 4.28. The number of esters is 1. The zero-order valence-corrected chi connectivity index (χ0v) is 4.92. The fraction of sp³-hybridized carbons (Fsp3) is 0.400. The molecule has 0 saturated carbocycles. The van der Waals surface area contributed by atoms with Gasteiger partial charge in [-0.1, -0.05) is 0 Å². The van der Waals surface area contributed by atoms with Crippen LogP contribution in [-0.4, -0.2) is 18.5 Å². The molecule has 0 spiro atoms. The van der Waals surface area contributed by atoms with Crippen LogP contribution in [0.5, 0.6) is 0 Å². The van der Waals surface area contributed by atoms with Crippen molar-refractivity contribution in [2.24, 2.45) is 5.73 Å². The quantitative estimate of drug-likeness (QED) is 0.510. The molecular weight excluding hydrogens is 122 g/mol. The van der Waals surface area contributed by atoms with Crippen LogP contribution in [0, 0.1) is 6.92 Å². The molecule has 0 aromatic heterocycles. The summed E-state index contributed by atoms with van der Waals surface area (Å²) >= 11 is 0. The Labute approximate surface area is 53.0 Å². The van der Waals surface area contributed by atoms with Crippen molar-refractivity contribution in [3.05, 3.63) is 6.92 Å². The second kappa shape index (κ2) is 3.88. The number of carbonyl (C=O) groups excluding carboxylic acids is 2. The van der Waals surface area contributed by atoms with E-state index < -0.39 is 11.9 Å². The third kappa shape index (κ3) is 4.80. The summed E-state index contributed by atoms with van der Waals surface area (Å²) in [6.45, 7) is 2.88. The largest absolute Gasteiger partial charge is 0.456 e. The summed E-state index contributed by atoms with van der Waals surface area (Å²) in [5.74, 6) is -1.18. The highest BCUT2D eigenvalue weighted by Gasteiger charge is 1.99. The van der Waals surface area contributed by atoms with Gasteiger partial charge in [-0.2, -0.15) is 0 Å². The first-order valence-corrected chi connectivity index (χ1v) is 2.40. The Morgan fingerprint density at radius 1 is 1.56 bits per heavy atom. The van der Waals surface area contributed by atoms with E-state index in [4.69, 9.17) is 0 Å². The number of carbonyl (C=O) groups is 2. The summed E-state index contributed by atoms with van der Waals surface area (Å²) in [5, 5.41) is 0. The molecule has 0 aliphatic rings. The van der Waals surface area contributed by atoms with Crippen molar-refractivity contribution in [1.82, 2.24) is 0 Å².